The van der Waals surface area contributed by atoms with E-state index >= 15 is 0 Å². The average molecular weight is 363 g/mol. The van der Waals surface area contributed by atoms with Gasteiger partial charge < -0.3 is 9.64 Å². The predicted octanol–water partition coefficient (Wildman–Crippen LogP) is 4.73. The minimum absolute atomic E-state index is 0.0307. The molecule has 0 aliphatic rings. The Balaban J connectivity index is 2.02. The van der Waals surface area contributed by atoms with E-state index < -0.39 is 0 Å². The van der Waals surface area contributed by atoms with Crippen LogP contribution in [0.25, 0.3) is 6.08 Å². The second-order valence-corrected chi connectivity index (χ2v) is 6.06. The van der Waals surface area contributed by atoms with Crippen LogP contribution in [0.1, 0.15) is 36.2 Å². The molecule has 27 heavy (non-hydrogen) atoms. The lowest BCUT2D eigenvalue weighted by molar-refractivity contribution is -0.128. The maximum atomic E-state index is 12.5. The van der Waals surface area contributed by atoms with Gasteiger partial charge in [0.1, 0.15) is 5.75 Å². The van der Waals surface area contributed by atoms with Crippen LogP contribution in [0.3, 0.4) is 0 Å². The first-order chi connectivity index (χ1) is 13.1. The van der Waals surface area contributed by atoms with Gasteiger partial charge in [0, 0.05) is 20.0 Å². The fraction of sp³-hybridized carbons (Fsp3) is 0.217. The smallest absolute Gasteiger partial charge is 0.219 e. The van der Waals surface area contributed by atoms with Gasteiger partial charge in [0.25, 0.3) is 0 Å². The first-order valence-corrected chi connectivity index (χ1v) is 9.05. The summed E-state index contributed by atoms with van der Waals surface area (Å²) >= 11 is 0. The van der Waals surface area contributed by atoms with E-state index in [0.29, 0.717) is 24.4 Å². The van der Waals surface area contributed by atoms with Crippen molar-refractivity contribution in [2.45, 2.75) is 20.3 Å². The Labute approximate surface area is 160 Å². The molecule has 0 saturated carbocycles. The molecule has 0 atom stereocenters. The zero-order valence-corrected chi connectivity index (χ0v) is 15.8. The van der Waals surface area contributed by atoms with Crippen LogP contribution in [0, 0.1) is 0 Å². The predicted molar refractivity (Wildman–Crippen MR) is 109 cm³/mol. The van der Waals surface area contributed by atoms with E-state index in [1.165, 1.54) is 6.26 Å². The second kappa shape index (κ2) is 10.8. The van der Waals surface area contributed by atoms with Crippen molar-refractivity contribution in [3.05, 3.63) is 84.1 Å². The number of ketones is 1. The molecule has 0 heterocycles. The summed E-state index contributed by atoms with van der Waals surface area (Å²) in [7, 11) is 0. The number of carbonyl (C=O) groups excluding carboxylic acids is 2. The molecule has 4 heteroatoms. The zero-order valence-electron chi connectivity index (χ0n) is 15.8. The molecular formula is C23H25NO3. The lowest BCUT2D eigenvalue weighted by Crippen LogP contribution is -2.29. The Morgan fingerprint density at radius 1 is 1.04 bits per heavy atom. The normalized spacial score (nSPS) is 11.0. The number of allylic oxidation sites excluding steroid dienone is 1. The van der Waals surface area contributed by atoms with E-state index in [9.17, 15) is 9.59 Å². The van der Waals surface area contributed by atoms with E-state index in [-0.39, 0.29) is 11.7 Å². The Kier molecular flexibility index (Phi) is 8.04. The number of hydrogen-bond donors (Lipinski definition) is 0. The number of nitrogens with zero attached hydrogens (tertiary/aromatic N) is 1. The van der Waals surface area contributed by atoms with Crippen LogP contribution in [0.2, 0.25) is 0 Å². The summed E-state index contributed by atoms with van der Waals surface area (Å²) in [5.74, 6) is 0.392. The molecule has 0 spiro atoms. The molecule has 140 valence electrons. The summed E-state index contributed by atoms with van der Waals surface area (Å²) in [6.07, 6.45) is 7.53. The summed E-state index contributed by atoms with van der Waals surface area (Å²) in [5.41, 5.74) is 1.45. The molecular weight excluding hydrogens is 338 g/mol. The Bertz CT molecular complexity index is 809. The SMILES string of the molecule is CCCN(C/C=C/Oc1ccccc1C(=O)/C=C/c1ccccc1)C(C)=O. The van der Waals surface area contributed by atoms with Crippen LogP contribution >= 0.6 is 0 Å². The third-order valence-electron chi connectivity index (χ3n) is 3.94. The molecule has 0 fully saturated rings. The Morgan fingerprint density at radius 3 is 2.44 bits per heavy atom. The highest BCUT2D eigenvalue weighted by atomic mass is 16.5. The van der Waals surface area contributed by atoms with Crippen LogP contribution in [-0.2, 0) is 4.79 Å². The number of amides is 1. The standard InChI is InChI=1S/C23H25NO3/c1-3-16-24(19(2)25)17-9-18-27-23-13-8-7-12-21(23)22(26)15-14-20-10-5-4-6-11-20/h4-15,18H,3,16-17H2,1-2H3/b15-14+,18-9+. The molecule has 0 aliphatic carbocycles. The number of hydrogen-bond acceptors (Lipinski definition) is 3. The van der Waals surface area contributed by atoms with E-state index in [1.807, 2.05) is 43.3 Å². The van der Waals surface area contributed by atoms with Gasteiger partial charge in [-0.05, 0) is 36.3 Å². The van der Waals surface area contributed by atoms with Crippen molar-refractivity contribution in [2.75, 3.05) is 13.1 Å². The highest BCUT2D eigenvalue weighted by Gasteiger charge is 2.09. The Morgan fingerprint density at radius 2 is 1.74 bits per heavy atom. The van der Waals surface area contributed by atoms with Crippen molar-refractivity contribution in [3.8, 4) is 5.75 Å². The Hall–Kier alpha value is -3.14. The minimum atomic E-state index is -0.126. The molecule has 0 bridgehead atoms. The molecule has 0 aliphatic heterocycles. The van der Waals surface area contributed by atoms with Gasteiger partial charge in [-0.15, -0.1) is 0 Å². The summed E-state index contributed by atoms with van der Waals surface area (Å²) in [5, 5.41) is 0. The summed E-state index contributed by atoms with van der Waals surface area (Å²) in [6, 6.07) is 16.8. The van der Waals surface area contributed by atoms with Gasteiger partial charge in [-0.25, -0.2) is 0 Å². The zero-order chi connectivity index (χ0) is 19.5. The fourth-order valence-electron chi connectivity index (χ4n) is 2.54. The van der Waals surface area contributed by atoms with Gasteiger partial charge in [0.05, 0.1) is 11.8 Å². The second-order valence-electron chi connectivity index (χ2n) is 6.06. The summed E-state index contributed by atoms with van der Waals surface area (Å²) < 4.78 is 5.65. The summed E-state index contributed by atoms with van der Waals surface area (Å²) in [4.78, 5) is 25.8. The van der Waals surface area contributed by atoms with Crippen LogP contribution in [-0.4, -0.2) is 29.7 Å². The van der Waals surface area contributed by atoms with Crippen LogP contribution in [0.5, 0.6) is 5.75 Å². The van der Waals surface area contributed by atoms with Crippen LogP contribution < -0.4 is 4.74 Å². The maximum Gasteiger partial charge on any atom is 0.219 e. The van der Waals surface area contributed by atoms with Gasteiger partial charge in [-0.2, -0.15) is 0 Å². The number of carbonyl (C=O) groups is 2. The van der Waals surface area contributed by atoms with Crippen LogP contribution in [0.15, 0.2) is 73.0 Å². The number of benzene rings is 2. The molecule has 4 nitrogen and oxygen atoms in total. The number of rotatable bonds is 9. The fourth-order valence-corrected chi connectivity index (χ4v) is 2.54. The molecule has 1 amide bonds. The number of ether oxygens (including phenoxy) is 1. The topological polar surface area (TPSA) is 46.6 Å². The highest BCUT2D eigenvalue weighted by molar-refractivity contribution is 6.08. The third-order valence-corrected chi connectivity index (χ3v) is 3.94. The maximum absolute atomic E-state index is 12.5. The van der Waals surface area contributed by atoms with Crippen molar-refractivity contribution in [2.24, 2.45) is 0 Å². The first kappa shape index (κ1) is 20.2. The van der Waals surface area contributed by atoms with Gasteiger partial charge >= 0.3 is 0 Å². The first-order valence-electron chi connectivity index (χ1n) is 9.05. The van der Waals surface area contributed by atoms with E-state index in [0.717, 1.165) is 12.0 Å². The molecule has 2 aromatic carbocycles. The van der Waals surface area contributed by atoms with Crippen LogP contribution in [0.4, 0.5) is 0 Å². The molecule has 2 rings (SSSR count). The monoisotopic (exact) mass is 363 g/mol. The largest absolute Gasteiger partial charge is 0.464 e. The molecule has 0 radical (unpaired) electrons. The van der Waals surface area contributed by atoms with Gasteiger partial charge in [-0.3, -0.25) is 9.59 Å². The van der Waals surface area contributed by atoms with Crippen molar-refractivity contribution in [1.29, 1.82) is 0 Å². The number of para-hydroxylation sites is 1. The van der Waals surface area contributed by atoms with Crippen molar-refractivity contribution in [3.63, 3.8) is 0 Å². The molecule has 0 N–H and O–H groups in total. The van der Waals surface area contributed by atoms with E-state index in [2.05, 4.69) is 0 Å². The van der Waals surface area contributed by atoms with Crippen molar-refractivity contribution >= 4 is 17.8 Å². The third kappa shape index (κ3) is 6.59. The lowest BCUT2D eigenvalue weighted by Gasteiger charge is -2.17. The lowest BCUT2D eigenvalue weighted by atomic mass is 10.1. The summed E-state index contributed by atoms with van der Waals surface area (Å²) in [6.45, 7) is 4.77. The minimum Gasteiger partial charge on any atom is -0.464 e. The van der Waals surface area contributed by atoms with Crippen molar-refractivity contribution in [1.82, 2.24) is 4.90 Å². The van der Waals surface area contributed by atoms with E-state index in [4.69, 9.17) is 4.74 Å². The van der Waals surface area contributed by atoms with Crippen molar-refractivity contribution < 1.29 is 14.3 Å². The molecule has 2 aromatic rings. The van der Waals surface area contributed by atoms with Gasteiger partial charge in [0.2, 0.25) is 5.91 Å². The highest BCUT2D eigenvalue weighted by Crippen LogP contribution is 2.19. The molecule has 0 saturated heterocycles. The quantitative estimate of drug-likeness (QED) is 0.367. The van der Waals surface area contributed by atoms with Gasteiger partial charge in [0.15, 0.2) is 5.78 Å². The molecule has 0 aromatic heterocycles. The van der Waals surface area contributed by atoms with E-state index in [1.54, 1.807) is 48.3 Å². The molecule has 0 unspecified atom stereocenters. The van der Waals surface area contributed by atoms with Gasteiger partial charge in [-0.1, -0.05) is 55.5 Å². The average Bonchev–Trinajstić information content (AvgIpc) is 2.69.